The van der Waals surface area contributed by atoms with Crippen molar-refractivity contribution in [3.63, 3.8) is 0 Å². The van der Waals surface area contributed by atoms with Gasteiger partial charge < -0.3 is 5.32 Å². The van der Waals surface area contributed by atoms with Crippen LogP contribution in [0.2, 0.25) is 0 Å². The molecule has 4 nitrogen and oxygen atoms in total. The lowest BCUT2D eigenvalue weighted by atomic mass is 9.93. The summed E-state index contributed by atoms with van der Waals surface area (Å²) in [7, 11) is 1.45. The molecule has 0 unspecified atom stereocenters. The summed E-state index contributed by atoms with van der Waals surface area (Å²) >= 11 is 0.957. The van der Waals surface area contributed by atoms with Gasteiger partial charge in [0, 0.05) is 22.1 Å². The van der Waals surface area contributed by atoms with Crippen molar-refractivity contribution >= 4 is 37.0 Å². The first-order valence-electron chi connectivity index (χ1n) is 4.81. The fraction of sp³-hybridized carbons (Fsp3) is 0.444. The Labute approximate surface area is 102 Å². The van der Waals surface area contributed by atoms with Crippen molar-refractivity contribution in [3.8, 4) is 0 Å². The van der Waals surface area contributed by atoms with Gasteiger partial charge in [-0.25, -0.2) is 8.42 Å². The van der Waals surface area contributed by atoms with Crippen LogP contribution in [0, 0.1) is 0 Å². The number of halogens is 1. The molecule has 1 amide bonds. The zero-order valence-corrected chi connectivity index (χ0v) is 10.7. The van der Waals surface area contributed by atoms with E-state index in [0.29, 0.717) is 5.56 Å². The minimum absolute atomic E-state index is 0.00734. The summed E-state index contributed by atoms with van der Waals surface area (Å²) in [5, 5.41) is 4.33. The van der Waals surface area contributed by atoms with E-state index in [1.807, 2.05) is 0 Å². The summed E-state index contributed by atoms with van der Waals surface area (Å²) in [4.78, 5) is 11.6. The predicted octanol–water partition coefficient (Wildman–Crippen LogP) is 1.96. The van der Waals surface area contributed by atoms with Gasteiger partial charge in [0.1, 0.15) is 4.21 Å². The average molecular weight is 280 g/mol. The molecule has 0 radical (unpaired) electrons. The van der Waals surface area contributed by atoms with E-state index >= 15 is 0 Å². The van der Waals surface area contributed by atoms with E-state index in [-0.39, 0.29) is 16.2 Å². The molecule has 1 aromatic heterocycles. The van der Waals surface area contributed by atoms with Gasteiger partial charge in [0.2, 0.25) is 0 Å². The second-order valence-corrected chi connectivity index (χ2v) is 7.40. The molecule has 1 aliphatic carbocycles. The smallest absolute Gasteiger partial charge is 0.270 e. The van der Waals surface area contributed by atoms with Crippen molar-refractivity contribution in [1.82, 2.24) is 5.32 Å². The molecular weight excluding hydrogens is 270 g/mol. The zero-order valence-electron chi connectivity index (χ0n) is 8.27. The maximum absolute atomic E-state index is 11.6. The molecule has 1 aromatic rings. The van der Waals surface area contributed by atoms with Crippen LogP contribution < -0.4 is 5.32 Å². The normalized spacial score (nSPS) is 16.8. The first-order chi connectivity index (χ1) is 7.47. The van der Waals surface area contributed by atoms with Crippen LogP contribution >= 0.6 is 22.0 Å². The molecule has 1 aliphatic rings. The van der Waals surface area contributed by atoms with Crippen LogP contribution in [0.3, 0.4) is 0 Å². The second kappa shape index (κ2) is 4.35. The van der Waals surface area contributed by atoms with Gasteiger partial charge in [-0.1, -0.05) is 0 Å². The highest BCUT2D eigenvalue weighted by molar-refractivity contribution is 8.15. The van der Waals surface area contributed by atoms with Crippen molar-refractivity contribution in [3.05, 3.63) is 17.0 Å². The Hall–Kier alpha value is -0.590. The highest BCUT2D eigenvalue weighted by atomic mass is 35.7. The summed E-state index contributed by atoms with van der Waals surface area (Å²) in [6.45, 7) is 0. The van der Waals surface area contributed by atoms with Gasteiger partial charge in [-0.15, -0.1) is 11.3 Å². The molecule has 1 saturated carbocycles. The van der Waals surface area contributed by atoms with E-state index in [0.717, 1.165) is 30.6 Å². The largest absolute Gasteiger partial charge is 0.349 e. The molecule has 7 heteroatoms. The molecule has 1 N–H and O–H groups in total. The van der Waals surface area contributed by atoms with Crippen LogP contribution in [0.25, 0.3) is 0 Å². The summed E-state index contributed by atoms with van der Waals surface area (Å²) in [6.07, 6.45) is 3.13. The van der Waals surface area contributed by atoms with Gasteiger partial charge in [-0.2, -0.15) is 0 Å². The van der Waals surface area contributed by atoms with Gasteiger partial charge in [-0.05, 0) is 25.3 Å². The minimum Gasteiger partial charge on any atom is -0.349 e. The summed E-state index contributed by atoms with van der Waals surface area (Å²) in [5.74, 6) is -0.229. The van der Waals surface area contributed by atoms with Crippen LogP contribution in [0.4, 0.5) is 0 Å². The molecule has 0 saturated heterocycles. The first-order valence-corrected chi connectivity index (χ1v) is 8.00. The van der Waals surface area contributed by atoms with Crippen LogP contribution in [-0.2, 0) is 9.05 Å². The standard InChI is InChI=1S/C9H10ClNO3S2/c10-16(13,14)8-4-6(5-15-8)9(12)11-7-2-1-3-7/h4-5,7H,1-3H2,(H,11,12). The van der Waals surface area contributed by atoms with Crippen molar-refractivity contribution in [2.45, 2.75) is 29.5 Å². The first kappa shape index (κ1) is 11.9. The van der Waals surface area contributed by atoms with Gasteiger partial charge in [-0.3, -0.25) is 4.79 Å². The lowest BCUT2D eigenvalue weighted by Gasteiger charge is -2.26. The van der Waals surface area contributed by atoms with Crippen LogP contribution in [0.5, 0.6) is 0 Å². The third-order valence-electron chi connectivity index (χ3n) is 2.52. The average Bonchev–Trinajstić information content (AvgIpc) is 2.58. The molecule has 1 heterocycles. The van der Waals surface area contributed by atoms with Gasteiger partial charge in [0.25, 0.3) is 15.0 Å². The van der Waals surface area contributed by atoms with Crippen molar-refractivity contribution < 1.29 is 13.2 Å². The maximum atomic E-state index is 11.6. The van der Waals surface area contributed by atoms with E-state index in [2.05, 4.69) is 5.32 Å². The van der Waals surface area contributed by atoms with E-state index < -0.39 is 9.05 Å². The quantitative estimate of drug-likeness (QED) is 0.860. The fourth-order valence-corrected chi connectivity index (χ4v) is 3.33. The number of carbonyl (C=O) groups is 1. The van der Waals surface area contributed by atoms with Crippen LogP contribution in [-0.4, -0.2) is 20.4 Å². The van der Waals surface area contributed by atoms with Crippen LogP contribution in [0.15, 0.2) is 15.7 Å². The predicted molar refractivity (Wildman–Crippen MR) is 62.5 cm³/mol. The third kappa shape index (κ3) is 2.56. The van der Waals surface area contributed by atoms with Crippen molar-refractivity contribution in [2.75, 3.05) is 0 Å². The number of hydrogen-bond donors (Lipinski definition) is 1. The molecule has 1 fully saturated rings. The Bertz CT molecular complexity index is 505. The topological polar surface area (TPSA) is 63.2 Å². The van der Waals surface area contributed by atoms with E-state index in [9.17, 15) is 13.2 Å². The number of nitrogens with one attached hydrogen (secondary N) is 1. The number of amides is 1. The molecule has 0 spiro atoms. The maximum Gasteiger partial charge on any atom is 0.270 e. The Morgan fingerprint density at radius 1 is 1.50 bits per heavy atom. The lowest BCUT2D eigenvalue weighted by molar-refractivity contribution is 0.0917. The molecule has 2 rings (SSSR count). The number of carbonyl (C=O) groups excluding carboxylic acids is 1. The molecule has 0 atom stereocenters. The van der Waals surface area contributed by atoms with Crippen molar-refractivity contribution in [1.29, 1.82) is 0 Å². The molecule has 0 bridgehead atoms. The molecule has 16 heavy (non-hydrogen) atoms. The van der Waals surface area contributed by atoms with Gasteiger partial charge >= 0.3 is 0 Å². The summed E-state index contributed by atoms with van der Waals surface area (Å²) in [6, 6.07) is 1.55. The highest BCUT2D eigenvalue weighted by Crippen LogP contribution is 2.24. The van der Waals surface area contributed by atoms with E-state index in [1.165, 1.54) is 11.4 Å². The van der Waals surface area contributed by atoms with Crippen molar-refractivity contribution in [2.24, 2.45) is 0 Å². The number of rotatable bonds is 3. The number of hydrogen-bond acceptors (Lipinski definition) is 4. The Morgan fingerprint density at radius 2 is 2.19 bits per heavy atom. The molecule has 0 aliphatic heterocycles. The monoisotopic (exact) mass is 279 g/mol. The lowest BCUT2D eigenvalue weighted by Crippen LogP contribution is -2.39. The van der Waals surface area contributed by atoms with Gasteiger partial charge in [0.05, 0.1) is 5.56 Å². The molecule has 88 valence electrons. The SMILES string of the molecule is O=C(NC1CCC1)c1csc(S(=O)(=O)Cl)c1. The minimum atomic E-state index is -3.72. The Balaban J connectivity index is 2.09. The summed E-state index contributed by atoms with van der Waals surface area (Å²) in [5.41, 5.74) is 0.358. The summed E-state index contributed by atoms with van der Waals surface area (Å²) < 4.78 is 22.0. The Morgan fingerprint density at radius 3 is 2.62 bits per heavy atom. The highest BCUT2D eigenvalue weighted by Gasteiger charge is 2.22. The number of thiophene rings is 1. The van der Waals surface area contributed by atoms with Gasteiger partial charge in [0.15, 0.2) is 0 Å². The second-order valence-electron chi connectivity index (χ2n) is 3.69. The van der Waals surface area contributed by atoms with Crippen LogP contribution in [0.1, 0.15) is 29.6 Å². The van der Waals surface area contributed by atoms with E-state index in [4.69, 9.17) is 10.7 Å². The fourth-order valence-electron chi connectivity index (χ4n) is 1.38. The third-order valence-corrected chi connectivity index (χ3v) is 5.56. The molecular formula is C9H10ClNO3S2. The molecule has 0 aromatic carbocycles. The zero-order chi connectivity index (χ0) is 11.8. The Kier molecular flexibility index (Phi) is 3.23. The van der Waals surface area contributed by atoms with E-state index in [1.54, 1.807) is 0 Å².